The van der Waals surface area contributed by atoms with Crippen molar-refractivity contribution in [3.63, 3.8) is 0 Å². The van der Waals surface area contributed by atoms with Gasteiger partial charge >= 0.3 is 0 Å². The van der Waals surface area contributed by atoms with Crippen molar-refractivity contribution in [2.24, 2.45) is 0 Å². The Balaban J connectivity index is 2.51. The van der Waals surface area contributed by atoms with Gasteiger partial charge in [-0.25, -0.2) is 9.97 Å². The second kappa shape index (κ2) is 6.52. The number of nitrogens with zero attached hydrogens (tertiary/aromatic N) is 3. The normalized spacial score (nSPS) is 12.7. The lowest BCUT2D eigenvalue weighted by Crippen LogP contribution is -2.24. The molecule has 0 aliphatic rings. The molecule has 108 valence electrons. The van der Waals surface area contributed by atoms with E-state index in [-0.39, 0.29) is 17.9 Å². The molecule has 7 heteroatoms. The van der Waals surface area contributed by atoms with Crippen molar-refractivity contribution in [2.45, 2.75) is 32.7 Å². The smallest absolute Gasteiger partial charge is 0.225 e. The van der Waals surface area contributed by atoms with Gasteiger partial charge in [0.05, 0.1) is 18.2 Å². The second-order valence-electron chi connectivity index (χ2n) is 4.61. The number of aromatic nitrogens is 3. The van der Waals surface area contributed by atoms with Gasteiger partial charge in [0.1, 0.15) is 10.7 Å². The summed E-state index contributed by atoms with van der Waals surface area (Å²) in [6.45, 7) is 3.95. The van der Waals surface area contributed by atoms with Gasteiger partial charge in [0, 0.05) is 0 Å². The highest BCUT2D eigenvalue weighted by Crippen LogP contribution is 2.26. The number of fused-ring (bicyclic) bond motifs is 1. The summed E-state index contributed by atoms with van der Waals surface area (Å²) >= 11 is 11.9. The van der Waals surface area contributed by atoms with Crippen molar-refractivity contribution in [3.05, 3.63) is 22.1 Å². The first kappa shape index (κ1) is 15.2. The highest BCUT2D eigenvalue weighted by molar-refractivity contribution is 6.30. The van der Waals surface area contributed by atoms with Gasteiger partial charge in [-0.15, -0.1) is 0 Å². The minimum Gasteiger partial charge on any atom is -0.394 e. The van der Waals surface area contributed by atoms with Crippen molar-refractivity contribution in [3.8, 4) is 0 Å². The fourth-order valence-electron chi connectivity index (χ4n) is 2.05. The second-order valence-corrected chi connectivity index (χ2v) is 5.34. The number of anilines is 1. The molecule has 5 nitrogen and oxygen atoms in total. The third-order valence-corrected chi connectivity index (χ3v) is 3.35. The van der Waals surface area contributed by atoms with E-state index in [1.54, 1.807) is 6.07 Å². The van der Waals surface area contributed by atoms with Crippen LogP contribution in [-0.4, -0.2) is 32.7 Å². The fraction of sp³-hybridized carbons (Fsp3) is 0.462. The lowest BCUT2D eigenvalue weighted by Gasteiger charge is -2.17. The molecule has 1 atom stereocenters. The van der Waals surface area contributed by atoms with Gasteiger partial charge in [-0.3, -0.25) is 0 Å². The highest BCUT2D eigenvalue weighted by Gasteiger charge is 2.14. The summed E-state index contributed by atoms with van der Waals surface area (Å²) in [5.41, 5.74) is 2.10. The molecule has 2 N–H and O–H groups in total. The molecule has 0 radical (unpaired) electrons. The van der Waals surface area contributed by atoms with Crippen molar-refractivity contribution in [2.75, 3.05) is 11.9 Å². The predicted octanol–water partition coefficient (Wildman–Crippen LogP) is 3.21. The SMILES string of the molecule is CCC[C@@H](CO)Nc1nc(Cl)nc2c(C)cc(Cl)nc12. The largest absolute Gasteiger partial charge is 0.394 e. The monoisotopic (exact) mass is 314 g/mol. The van der Waals surface area contributed by atoms with E-state index in [1.807, 2.05) is 6.92 Å². The van der Waals surface area contributed by atoms with Gasteiger partial charge in [-0.05, 0) is 36.6 Å². The lowest BCUT2D eigenvalue weighted by atomic mass is 10.1. The van der Waals surface area contributed by atoms with Crippen molar-refractivity contribution in [1.29, 1.82) is 0 Å². The first-order valence-corrected chi connectivity index (χ1v) is 7.18. The fourth-order valence-corrected chi connectivity index (χ4v) is 2.46. The first-order valence-electron chi connectivity index (χ1n) is 6.43. The quantitative estimate of drug-likeness (QED) is 0.655. The Morgan fingerprint density at radius 1 is 1.25 bits per heavy atom. The minimum atomic E-state index is -0.102. The van der Waals surface area contributed by atoms with E-state index >= 15 is 0 Å². The number of aliphatic hydroxyl groups is 1. The highest BCUT2D eigenvalue weighted by atomic mass is 35.5. The molecule has 0 bridgehead atoms. The van der Waals surface area contributed by atoms with E-state index in [0.29, 0.717) is 22.0 Å². The van der Waals surface area contributed by atoms with Crippen LogP contribution in [0.15, 0.2) is 6.07 Å². The van der Waals surface area contributed by atoms with Crippen LogP contribution in [0.3, 0.4) is 0 Å². The van der Waals surface area contributed by atoms with Crippen LogP contribution in [-0.2, 0) is 0 Å². The third kappa shape index (κ3) is 3.29. The first-order chi connectivity index (χ1) is 9.55. The van der Waals surface area contributed by atoms with Gasteiger partial charge in [0.2, 0.25) is 5.28 Å². The molecule has 2 heterocycles. The maximum Gasteiger partial charge on any atom is 0.225 e. The number of halogens is 2. The molecule has 2 aromatic rings. The van der Waals surface area contributed by atoms with E-state index in [4.69, 9.17) is 23.2 Å². The molecule has 0 spiro atoms. The maximum absolute atomic E-state index is 9.38. The summed E-state index contributed by atoms with van der Waals surface area (Å²) in [5.74, 6) is 0.498. The number of nitrogens with one attached hydrogen (secondary N) is 1. The standard InChI is InChI=1S/C13H16Cl2N4O/c1-3-4-8(6-20)16-12-11-10(18-13(15)19-12)7(2)5-9(14)17-11/h5,8,20H,3-4,6H2,1-2H3,(H,16,18,19)/t8-/m0/s1. The molecular weight excluding hydrogens is 299 g/mol. The molecule has 0 amide bonds. The zero-order chi connectivity index (χ0) is 14.7. The maximum atomic E-state index is 9.38. The van der Waals surface area contributed by atoms with Crippen LogP contribution in [0.4, 0.5) is 5.82 Å². The van der Waals surface area contributed by atoms with E-state index in [1.165, 1.54) is 0 Å². The van der Waals surface area contributed by atoms with Gasteiger partial charge < -0.3 is 10.4 Å². The number of aliphatic hydroxyl groups excluding tert-OH is 1. The molecule has 0 unspecified atom stereocenters. The molecule has 0 aliphatic carbocycles. The Morgan fingerprint density at radius 2 is 2.00 bits per heavy atom. The predicted molar refractivity (Wildman–Crippen MR) is 81.5 cm³/mol. The topological polar surface area (TPSA) is 70.9 Å². The number of aryl methyl sites for hydroxylation is 1. The molecule has 0 saturated heterocycles. The summed E-state index contributed by atoms with van der Waals surface area (Å²) in [6, 6.07) is 1.63. The van der Waals surface area contributed by atoms with Gasteiger partial charge in [0.15, 0.2) is 5.82 Å². The zero-order valence-electron chi connectivity index (χ0n) is 11.3. The van der Waals surface area contributed by atoms with Crippen molar-refractivity contribution >= 4 is 40.1 Å². The number of rotatable bonds is 5. The van der Waals surface area contributed by atoms with E-state index in [9.17, 15) is 5.11 Å². The zero-order valence-corrected chi connectivity index (χ0v) is 12.8. The van der Waals surface area contributed by atoms with Crippen LogP contribution in [0, 0.1) is 6.92 Å². The number of hydrogen-bond acceptors (Lipinski definition) is 5. The Bertz CT molecular complexity index is 621. The van der Waals surface area contributed by atoms with Crippen LogP contribution >= 0.6 is 23.2 Å². The Kier molecular flexibility index (Phi) is 4.96. The van der Waals surface area contributed by atoms with Crippen LogP contribution in [0.25, 0.3) is 11.0 Å². The van der Waals surface area contributed by atoms with E-state index in [0.717, 1.165) is 18.4 Å². The van der Waals surface area contributed by atoms with Crippen LogP contribution in [0.1, 0.15) is 25.3 Å². The Morgan fingerprint density at radius 3 is 2.65 bits per heavy atom. The minimum absolute atomic E-state index is 0.0104. The molecule has 2 aromatic heterocycles. The van der Waals surface area contributed by atoms with Crippen LogP contribution in [0.5, 0.6) is 0 Å². The van der Waals surface area contributed by atoms with Gasteiger partial charge in [-0.2, -0.15) is 4.98 Å². The molecule has 20 heavy (non-hydrogen) atoms. The summed E-state index contributed by atoms with van der Waals surface area (Å²) in [5, 5.41) is 13.1. The molecule has 0 aromatic carbocycles. The summed E-state index contributed by atoms with van der Waals surface area (Å²) in [7, 11) is 0. The summed E-state index contributed by atoms with van der Waals surface area (Å²) in [6.07, 6.45) is 1.77. The summed E-state index contributed by atoms with van der Waals surface area (Å²) in [4.78, 5) is 12.6. The van der Waals surface area contributed by atoms with Crippen molar-refractivity contribution < 1.29 is 5.11 Å². The van der Waals surface area contributed by atoms with Gasteiger partial charge in [-0.1, -0.05) is 24.9 Å². The molecule has 0 fully saturated rings. The van der Waals surface area contributed by atoms with Crippen LogP contribution < -0.4 is 5.32 Å². The number of pyridine rings is 1. The molecule has 0 saturated carbocycles. The van der Waals surface area contributed by atoms with E-state index < -0.39 is 0 Å². The van der Waals surface area contributed by atoms with E-state index in [2.05, 4.69) is 27.2 Å². The number of hydrogen-bond donors (Lipinski definition) is 2. The molecular formula is C13H16Cl2N4O. The average Bonchev–Trinajstić information content (AvgIpc) is 2.39. The van der Waals surface area contributed by atoms with Crippen molar-refractivity contribution in [1.82, 2.24) is 15.0 Å². The Hall–Kier alpha value is -1.17. The van der Waals surface area contributed by atoms with Gasteiger partial charge in [0.25, 0.3) is 0 Å². The molecule has 0 aliphatic heterocycles. The average molecular weight is 315 g/mol. The molecule has 2 rings (SSSR count). The Labute approximate surface area is 127 Å². The summed E-state index contributed by atoms with van der Waals surface area (Å²) < 4.78 is 0. The lowest BCUT2D eigenvalue weighted by molar-refractivity contribution is 0.268. The van der Waals surface area contributed by atoms with Crippen LogP contribution in [0.2, 0.25) is 10.4 Å². The third-order valence-electron chi connectivity index (χ3n) is 2.98.